The van der Waals surface area contributed by atoms with E-state index in [1.165, 1.54) is 52.6 Å². The summed E-state index contributed by atoms with van der Waals surface area (Å²) >= 11 is 0. The molecule has 0 unspecified atom stereocenters. The molecule has 2 aliphatic carbocycles. The third kappa shape index (κ3) is 5.56. The van der Waals surface area contributed by atoms with E-state index in [0.717, 1.165) is 68.2 Å². The topological polar surface area (TPSA) is 75.6 Å². The van der Waals surface area contributed by atoms with Crippen molar-refractivity contribution in [2.45, 2.75) is 37.5 Å². The highest BCUT2D eigenvalue weighted by molar-refractivity contribution is 6.05. The van der Waals surface area contributed by atoms with Crippen LogP contribution in [0.2, 0.25) is 0 Å². The standard InChI is InChI=1S/C52H36N4O/c53-32-33-16-23-41-42-24-21-39(30-46(42)52(45(41)28-33)26-7-2-8-27-52)38-13-9-12-37(29-38)34-17-19-36(20-18-34)50-54-49(35-10-3-1-4-11-35)55-51(56-50)40-22-25-44-43-14-5-6-15-47(43)57-48(44)31-40/h1,3-6,9-25,28-31H,2,7-8,26-27H2. The predicted octanol–water partition coefficient (Wildman–Crippen LogP) is 13.2. The zero-order chi connectivity index (χ0) is 37.9. The molecule has 2 aromatic heterocycles. The molecule has 5 nitrogen and oxygen atoms in total. The fraction of sp³-hybridized carbons (Fsp3) is 0.115. The zero-order valence-electron chi connectivity index (χ0n) is 31.2. The van der Waals surface area contributed by atoms with Crippen LogP contribution in [-0.4, -0.2) is 15.0 Å². The monoisotopic (exact) mass is 732 g/mol. The first-order valence-electron chi connectivity index (χ1n) is 19.8. The lowest BCUT2D eigenvalue weighted by atomic mass is 9.67. The molecule has 5 heteroatoms. The molecule has 0 bridgehead atoms. The summed E-state index contributed by atoms with van der Waals surface area (Å²) in [7, 11) is 0. The van der Waals surface area contributed by atoms with Crippen molar-refractivity contribution in [3.63, 3.8) is 0 Å². The first-order chi connectivity index (χ1) is 28.1. The van der Waals surface area contributed by atoms with Gasteiger partial charge in [0.1, 0.15) is 11.2 Å². The Kier molecular flexibility index (Phi) is 7.72. The van der Waals surface area contributed by atoms with Crippen LogP contribution in [0.25, 0.3) is 89.5 Å². The minimum atomic E-state index is -0.0192. The quantitative estimate of drug-likeness (QED) is 0.176. The normalized spacial score (nSPS) is 14.1. The Balaban J connectivity index is 0.941. The van der Waals surface area contributed by atoms with E-state index in [1.807, 2.05) is 60.7 Å². The molecule has 0 amide bonds. The molecule has 57 heavy (non-hydrogen) atoms. The van der Waals surface area contributed by atoms with Gasteiger partial charge in [0, 0.05) is 32.9 Å². The summed E-state index contributed by atoms with van der Waals surface area (Å²) in [4.78, 5) is 15.0. The predicted molar refractivity (Wildman–Crippen MR) is 228 cm³/mol. The number of nitriles is 1. The number of hydrogen-bond acceptors (Lipinski definition) is 5. The van der Waals surface area contributed by atoms with Gasteiger partial charge in [0.2, 0.25) is 0 Å². The van der Waals surface area contributed by atoms with Crippen LogP contribution in [0.3, 0.4) is 0 Å². The molecule has 2 aliphatic rings. The molecule has 2 heterocycles. The largest absolute Gasteiger partial charge is 0.456 e. The molecule has 0 N–H and O–H groups in total. The van der Waals surface area contributed by atoms with E-state index in [2.05, 4.69) is 103 Å². The van der Waals surface area contributed by atoms with E-state index >= 15 is 0 Å². The maximum absolute atomic E-state index is 9.75. The van der Waals surface area contributed by atoms with Gasteiger partial charge in [-0.1, -0.05) is 135 Å². The van der Waals surface area contributed by atoms with Gasteiger partial charge in [-0.05, 0) is 99.8 Å². The van der Waals surface area contributed by atoms with Crippen molar-refractivity contribution < 1.29 is 4.42 Å². The SMILES string of the molecule is N#Cc1ccc2c(c1)C1(CCCCC1)c1cc(-c3cccc(-c4ccc(-c5nc(-c6ccccc6)nc(-c6ccc7c(c6)oc6ccccc67)n5)cc4)c3)ccc1-2. The summed E-state index contributed by atoms with van der Waals surface area (Å²) in [5.74, 6) is 1.83. The van der Waals surface area contributed by atoms with Gasteiger partial charge in [0.25, 0.3) is 0 Å². The number of furan rings is 1. The number of fused-ring (bicyclic) bond motifs is 8. The summed E-state index contributed by atoms with van der Waals surface area (Å²) in [6.07, 6.45) is 5.95. The Labute approximate surface area is 331 Å². The van der Waals surface area contributed by atoms with Crippen LogP contribution in [0.1, 0.15) is 48.8 Å². The van der Waals surface area contributed by atoms with E-state index in [4.69, 9.17) is 19.4 Å². The van der Waals surface area contributed by atoms with Crippen LogP contribution in [-0.2, 0) is 5.41 Å². The molecule has 0 saturated heterocycles. The van der Waals surface area contributed by atoms with Gasteiger partial charge >= 0.3 is 0 Å². The third-order valence-corrected chi connectivity index (χ3v) is 12.2. The lowest BCUT2D eigenvalue weighted by Crippen LogP contribution is -2.28. The van der Waals surface area contributed by atoms with Crippen molar-refractivity contribution in [3.8, 4) is 73.6 Å². The highest BCUT2D eigenvalue weighted by Crippen LogP contribution is 2.56. The van der Waals surface area contributed by atoms with Gasteiger partial charge in [0.05, 0.1) is 11.6 Å². The van der Waals surface area contributed by atoms with Crippen molar-refractivity contribution >= 4 is 21.9 Å². The van der Waals surface area contributed by atoms with Crippen LogP contribution in [0.5, 0.6) is 0 Å². The second kappa shape index (κ2) is 13.3. The molecule has 0 aliphatic heterocycles. The van der Waals surface area contributed by atoms with Gasteiger partial charge in [-0.3, -0.25) is 0 Å². The van der Waals surface area contributed by atoms with Gasteiger partial charge in [-0.25, -0.2) is 15.0 Å². The minimum Gasteiger partial charge on any atom is -0.456 e. The van der Waals surface area contributed by atoms with Crippen molar-refractivity contribution in [3.05, 3.63) is 174 Å². The van der Waals surface area contributed by atoms with Crippen LogP contribution in [0, 0.1) is 11.3 Å². The Hall–Kier alpha value is -7.16. The molecule has 1 spiro atoms. The van der Waals surface area contributed by atoms with Crippen molar-refractivity contribution in [2.24, 2.45) is 0 Å². The number of para-hydroxylation sites is 1. The fourth-order valence-electron chi connectivity index (χ4n) is 9.34. The molecule has 0 atom stereocenters. The first-order valence-corrected chi connectivity index (χ1v) is 19.8. The Bertz CT molecular complexity index is 3060. The summed E-state index contributed by atoms with van der Waals surface area (Å²) in [5, 5.41) is 11.9. The van der Waals surface area contributed by atoms with Crippen molar-refractivity contribution in [1.29, 1.82) is 5.26 Å². The van der Waals surface area contributed by atoms with Crippen molar-refractivity contribution in [1.82, 2.24) is 15.0 Å². The van der Waals surface area contributed by atoms with Gasteiger partial charge in [0.15, 0.2) is 17.5 Å². The van der Waals surface area contributed by atoms with Gasteiger partial charge in [-0.2, -0.15) is 5.26 Å². The molecule has 1 fully saturated rings. The van der Waals surface area contributed by atoms with E-state index in [1.54, 1.807) is 0 Å². The molecular weight excluding hydrogens is 697 g/mol. The average Bonchev–Trinajstić information content (AvgIpc) is 3.78. The smallest absolute Gasteiger partial charge is 0.164 e. The summed E-state index contributed by atoms with van der Waals surface area (Å²) < 4.78 is 6.22. The minimum absolute atomic E-state index is 0.0192. The van der Waals surface area contributed by atoms with Gasteiger partial charge < -0.3 is 4.42 Å². The Morgan fingerprint density at radius 3 is 1.77 bits per heavy atom. The number of rotatable bonds is 5. The lowest BCUT2D eigenvalue weighted by Gasteiger charge is -2.36. The average molecular weight is 733 g/mol. The molecule has 7 aromatic carbocycles. The Morgan fingerprint density at radius 1 is 0.439 bits per heavy atom. The first kappa shape index (κ1) is 33.2. The summed E-state index contributed by atoms with van der Waals surface area (Å²) in [5.41, 5.74) is 15.2. The number of aromatic nitrogens is 3. The molecule has 1 saturated carbocycles. The van der Waals surface area contributed by atoms with E-state index in [9.17, 15) is 5.26 Å². The molecular formula is C52H36N4O. The Morgan fingerprint density at radius 2 is 1.00 bits per heavy atom. The number of nitrogens with zero attached hydrogens (tertiary/aromatic N) is 4. The second-order valence-electron chi connectivity index (χ2n) is 15.4. The maximum Gasteiger partial charge on any atom is 0.164 e. The fourth-order valence-corrected chi connectivity index (χ4v) is 9.34. The molecule has 270 valence electrons. The lowest BCUT2D eigenvalue weighted by molar-refractivity contribution is 0.353. The summed E-state index contributed by atoms with van der Waals surface area (Å²) in [6.45, 7) is 0. The molecule has 9 aromatic rings. The van der Waals surface area contributed by atoms with E-state index in [-0.39, 0.29) is 5.41 Å². The van der Waals surface area contributed by atoms with Crippen molar-refractivity contribution in [2.75, 3.05) is 0 Å². The van der Waals surface area contributed by atoms with Crippen LogP contribution in [0.4, 0.5) is 0 Å². The third-order valence-electron chi connectivity index (χ3n) is 12.2. The number of hydrogen-bond donors (Lipinski definition) is 0. The highest BCUT2D eigenvalue weighted by atomic mass is 16.3. The van der Waals surface area contributed by atoms with Crippen LogP contribution >= 0.6 is 0 Å². The van der Waals surface area contributed by atoms with E-state index < -0.39 is 0 Å². The van der Waals surface area contributed by atoms with Gasteiger partial charge in [-0.15, -0.1) is 0 Å². The van der Waals surface area contributed by atoms with E-state index in [0.29, 0.717) is 17.5 Å². The zero-order valence-corrected chi connectivity index (χ0v) is 31.2. The van der Waals surface area contributed by atoms with Crippen LogP contribution in [0.15, 0.2) is 162 Å². The molecule has 11 rings (SSSR count). The summed E-state index contributed by atoms with van der Waals surface area (Å²) in [6, 6.07) is 57.4. The van der Waals surface area contributed by atoms with Crippen LogP contribution < -0.4 is 0 Å². The second-order valence-corrected chi connectivity index (χ2v) is 15.4. The maximum atomic E-state index is 9.75. The number of benzene rings is 7. The molecule has 0 radical (unpaired) electrons. The highest BCUT2D eigenvalue weighted by Gasteiger charge is 2.44.